The van der Waals surface area contributed by atoms with Gasteiger partial charge in [-0.25, -0.2) is 9.59 Å². The molecule has 0 aromatic carbocycles. The molecular formula is C13H19N3O3. The first kappa shape index (κ1) is 14.9. The molecule has 1 rings (SSSR count). The number of carbonyl (C=O) groups excluding carboxylic acids is 1. The molecule has 0 spiro atoms. The van der Waals surface area contributed by atoms with Crippen LogP contribution in [0.1, 0.15) is 38.9 Å². The molecule has 0 aliphatic carbocycles. The van der Waals surface area contributed by atoms with Crippen molar-refractivity contribution in [2.75, 3.05) is 0 Å². The Morgan fingerprint density at radius 1 is 1.47 bits per heavy atom. The van der Waals surface area contributed by atoms with Crippen molar-refractivity contribution in [3.63, 3.8) is 0 Å². The molecule has 6 nitrogen and oxygen atoms in total. The average molecular weight is 265 g/mol. The standard InChI is InChI=1S/C13H19N3O3/c1-4-13(3,11(17)18)16-12(19)15-9(2)10-7-5-6-8-14-10/h5-9H,4H2,1-3H3,(H,17,18)(H2,15,16,19). The van der Waals surface area contributed by atoms with Gasteiger partial charge >= 0.3 is 12.0 Å². The second-order valence-corrected chi connectivity index (χ2v) is 4.57. The van der Waals surface area contributed by atoms with E-state index in [-0.39, 0.29) is 6.04 Å². The summed E-state index contributed by atoms with van der Waals surface area (Å²) in [6, 6.07) is 4.59. The molecule has 1 aromatic heterocycles. The second-order valence-electron chi connectivity index (χ2n) is 4.57. The molecule has 0 saturated heterocycles. The lowest BCUT2D eigenvalue weighted by Gasteiger charge is -2.25. The van der Waals surface area contributed by atoms with Crippen molar-refractivity contribution >= 4 is 12.0 Å². The minimum atomic E-state index is -1.27. The number of aliphatic carboxylic acids is 1. The summed E-state index contributed by atoms with van der Waals surface area (Å²) in [5.41, 5.74) is -0.556. The normalized spacial score (nSPS) is 15.1. The van der Waals surface area contributed by atoms with Gasteiger partial charge in [0.05, 0.1) is 11.7 Å². The number of rotatable bonds is 5. The molecule has 2 atom stereocenters. The van der Waals surface area contributed by atoms with Crippen LogP contribution in [0.2, 0.25) is 0 Å². The molecule has 0 saturated carbocycles. The maximum absolute atomic E-state index is 11.8. The fourth-order valence-corrected chi connectivity index (χ4v) is 1.48. The van der Waals surface area contributed by atoms with Gasteiger partial charge in [-0.1, -0.05) is 13.0 Å². The van der Waals surface area contributed by atoms with Crippen LogP contribution in [0, 0.1) is 0 Å². The van der Waals surface area contributed by atoms with E-state index in [9.17, 15) is 9.59 Å². The third-order valence-corrected chi connectivity index (χ3v) is 3.05. The fourth-order valence-electron chi connectivity index (χ4n) is 1.48. The van der Waals surface area contributed by atoms with Crippen LogP contribution in [0.25, 0.3) is 0 Å². The Morgan fingerprint density at radius 2 is 2.16 bits per heavy atom. The topological polar surface area (TPSA) is 91.3 Å². The van der Waals surface area contributed by atoms with Crippen LogP contribution in [0.5, 0.6) is 0 Å². The van der Waals surface area contributed by atoms with E-state index in [0.29, 0.717) is 12.1 Å². The molecule has 6 heteroatoms. The number of hydrogen-bond acceptors (Lipinski definition) is 3. The Labute approximate surface area is 112 Å². The number of pyridine rings is 1. The maximum atomic E-state index is 11.8. The van der Waals surface area contributed by atoms with E-state index in [0.717, 1.165) is 0 Å². The fraction of sp³-hybridized carbons (Fsp3) is 0.462. The van der Waals surface area contributed by atoms with Crippen LogP contribution in [-0.4, -0.2) is 27.6 Å². The van der Waals surface area contributed by atoms with E-state index >= 15 is 0 Å². The zero-order valence-corrected chi connectivity index (χ0v) is 11.3. The Kier molecular flexibility index (Phi) is 4.86. The van der Waals surface area contributed by atoms with Crippen LogP contribution in [0.15, 0.2) is 24.4 Å². The van der Waals surface area contributed by atoms with Gasteiger partial charge in [-0.15, -0.1) is 0 Å². The zero-order chi connectivity index (χ0) is 14.5. The van der Waals surface area contributed by atoms with Crippen molar-refractivity contribution in [2.24, 2.45) is 0 Å². The first-order valence-electron chi connectivity index (χ1n) is 6.12. The molecule has 0 fully saturated rings. The van der Waals surface area contributed by atoms with Gasteiger partial charge in [-0.05, 0) is 32.4 Å². The van der Waals surface area contributed by atoms with Gasteiger partial charge < -0.3 is 15.7 Å². The van der Waals surface area contributed by atoms with Crippen molar-refractivity contribution < 1.29 is 14.7 Å². The van der Waals surface area contributed by atoms with Gasteiger partial charge in [0.1, 0.15) is 5.54 Å². The largest absolute Gasteiger partial charge is 0.480 e. The number of amides is 2. The maximum Gasteiger partial charge on any atom is 0.329 e. The van der Waals surface area contributed by atoms with Gasteiger partial charge in [-0.2, -0.15) is 0 Å². The number of hydrogen-bond donors (Lipinski definition) is 3. The van der Waals surface area contributed by atoms with Crippen molar-refractivity contribution in [3.8, 4) is 0 Å². The molecule has 104 valence electrons. The summed E-state index contributed by atoms with van der Waals surface area (Å²) in [4.78, 5) is 27.0. The van der Waals surface area contributed by atoms with E-state index in [1.54, 1.807) is 32.2 Å². The van der Waals surface area contributed by atoms with Crippen molar-refractivity contribution in [1.29, 1.82) is 0 Å². The van der Waals surface area contributed by atoms with Crippen molar-refractivity contribution in [1.82, 2.24) is 15.6 Å². The smallest absolute Gasteiger partial charge is 0.329 e. The average Bonchev–Trinajstić information content (AvgIpc) is 2.39. The zero-order valence-electron chi connectivity index (χ0n) is 11.3. The molecule has 0 aliphatic rings. The second kappa shape index (κ2) is 6.17. The number of aromatic nitrogens is 1. The summed E-state index contributed by atoms with van der Waals surface area (Å²) in [6.45, 7) is 4.96. The van der Waals surface area contributed by atoms with E-state index < -0.39 is 17.5 Å². The van der Waals surface area contributed by atoms with E-state index in [1.807, 2.05) is 6.07 Å². The summed E-state index contributed by atoms with van der Waals surface area (Å²) < 4.78 is 0. The Morgan fingerprint density at radius 3 is 2.63 bits per heavy atom. The van der Waals surface area contributed by atoms with Crippen LogP contribution >= 0.6 is 0 Å². The lowest BCUT2D eigenvalue weighted by Crippen LogP contribution is -2.55. The molecule has 2 amide bonds. The highest BCUT2D eigenvalue weighted by molar-refractivity contribution is 5.85. The number of nitrogens with one attached hydrogen (secondary N) is 2. The monoisotopic (exact) mass is 265 g/mol. The summed E-state index contributed by atoms with van der Waals surface area (Å²) in [5.74, 6) is -1.06. The minimum absolute atomic E-state index is 0.295. The first-order chi connectivity index (χ1) is 8.89. The van der Waals surface area contributed by atoms with E-state index in [2.05, 4.69) is 15.6 Å². The summed E-state index contributed by atoms with van der Waals surface area (Å²) in [6.07, 6.45) is 1.94. The SMILES string of the molecule is CCC(C)(NC(=O)NC(C)c1ccccn1)C(=O)O. The van der Waals surface area contributed by atoms with Crippen LogP contribution in [0.4, 0.5) is 4.79 Å². The first-order valence-corrected chi connectivity index (χ1v) is 6.12. The molecule has 3 N–H and O–H groups in total. The number of urea groups is 1. The number of nitrogens with zero attached hydrogens (tertiary/aromatic N) is 1. The molecule has 0 radical (unpaired) electrons. The number of carboxylic acids is 1. The molecule has 19 heavy (non-hydrogen) atoms. The predicted octanol–water partition coefficient (Wildman–Crippen LogP) is 1.70. The Balaban J connectivity index is 2.63. The minimum Gasteiger partial charge on any atom is -0.480 e. The van der Waals surface area contributed by atoms with Crippen molar-refractivity contribution in [3.05, 3.63) is 30.1 Å². The van der Waals surface area contributed by atoms with Crippen molar-refractivity contribution in [2.45, 2.75) is 38.8 Å². The van der Waals surface area contributed by atoms with E-state index in [4.69, 9.17) is 5.11 Å². The third kappa shape index (κ3) is 3.94. The number of carboxylic acid groups (broad SMARTS) is 1. The molecule has 0 bridgehead atoms. The van der Waals surface area contributed by atoms with Gasteiger partial charge in [0.15, 0.2) is 0 Å². The molecule has 1 aromatic rings. The van der Waals surface area contributed by atoms with Gasteiger partial charge in [0.2, 0.25) is 0 Å². The lowest BCUT2D eigenvalue weighted by molar-refractivity contribution is -0.143. The Hall–Kier alpha value is -2.11. The highest BCUT2D eigenvalue weighted by atomic mass is 16.4. The highest BCUT2D eigenvalue weighted by Crippen LogP contribution is 2.11. The number of carbonyl (C=O) groups is 2. The Bertz CT molecular complexity index is 450. The van der Waals surface area contributed by atoms with Crippen LogP contribution < -0.4 is 10.6 Å². The summed E-state index contributed by atoms with van der Waals surface area (Å²) in [5, 5.41) is 14.2. The molecular weight excluding hydrogens is 246 g/mol. The molecule has 2 unspecified atom stereocenters. The quantitative estimate of drug-likeness (QED) is 0.755. The predicted molar refractivity (Wildman–Crippen MR) is 70.7 cm³/mol. The van der Waals surface area contributed by atoms with E-state index in [1.165, 1.54) is 6.92 Å². The molecule has 0 aliphatic heterocycles. The van der Waals surface area contributed by atoms with Crippen LogP contribution in [0.3, 0.4) is 0 Å². The van der Waals surface area contributed by atoms with Gasteiger partial charge in [0, 0.05) is 6.20 Å². The van der Waals surface area contributed by atoms with Crippen LogP contribution in [-0.2, 0) is 4.79 Å². The summed E-state index contributed by atoms with van der Waals surface area (Å²) >= 11 is 0. The highest BCUT2D eigenvalue weighted by Gasteiger charge is 2.33. The van der Waals surface area contributed by atoms with Gasteiger partial charge in [-0.3, -0.25) is 4.98 Å². The third-order valence-electron chi connectivity index (χ3n) is 3.05. The van der Waals surface area contributed by atoms with Gasteiger partial charge in [0.25, 0.3) is 0 Å². The molecule has 1 heterocycles. The summed E-state index contributed by atoms with van der Waals surface area (Å²) in [7, 11) is 0. The lowest BCUT2D eigenvalue weighted by atomic mass is 10.00.